The molecule has 1 saturated heterocycles. The van der Waals surface area contributed by atoms with E-state index in [1.165, 1.54) is 7.69 Å². The first-order valence-corrected chi connectivity index (χ1v) is 2.46. The Morgan fingerprint density at radius 3 is 1.90 bits per heavy atom. The molecular formula is C4H7BKO4. The normalized spacial score (nSPS) is 13.7. The fraction of sp³-hybridized carbons (Fsp3) is 0.750. The van der Waals surface area contributed by atoms with Crippen molar-refractivity contribution in [1.29, 1.82) is 0 Å². The minimum absolute atomic E-state index is 0. The van der Waals surface area contributed by atoms with Crippen molar-refractivity contribution in [2.24, 2.45) is 0 Å². The van der Waals surface area contributed by atoms with Crippen molar-refractivity contribution < 1.29 is 70.6 Å². The van der Waals surface area contributed by atoms with Crippen molar-refractivity contribution in [2.45, 2.75) is 6.92 Å². The SMILES string of the molecule is CC(=O)[O-].[B]1OCCO1.[K+]. The van der Waals surface area contributed by atoms with Gasteiger partial charge in [0.1, 0.15) is 0 Å². The molecule has 0 N–H and O–H groups in total. The molecule has 0 amide bonds. The Kier molecular flexibility index (Phi) is 13.8. The molecule has 0 spiro atoms. The summed E-state index contributed by atoms with van der Waals surface area (Å²) >= 11 is 0. The van der Waals surface area contributed by atoms with Gasteiger partial charge < -0.3 is 19.2 Å². The van der Waals surface area contributed by atoms with Crippen molar-refractivity contribution in [1.82, 2.24) is 0 Å². The summed E-state index contributed by atoms with van der Waals surface area (Å²) < 4.78 is 9.19. The van der Waals surface area contributed by atoms with Gasteiger partial charge in [0, 0.05) is 5.97 Å². The smallest absolute Gasteiger partial charge is 0.550 e. The van der Waals surface area contributed by atoms with Gasteiger partial charge in [-0.05, 0) is 6.92 Å². The largest absolute Gasteiger partial charge is 1.00 e. The average Bonchev–Trinajstić information content (AvgIpc) is 2.11. The molecule has 1 radical (unpaired) electrons. The molecule has 1 aliphatic rings. The first-order chi connectivity index (χ1) is 4.23. The number of carbonyl (C=O) groups is 1. The van der Waals surface area contributed by atoms with Crippen molar-refractivity contribution in [2.75, 3.05) is 13.2 Å². The van der Waals surface area contributed by atoms with Gasteiger partial charge in [-0.15, -0.1) is 0 Å². The van der Waals surface area contributed by atoms with Crippen LogP contribution in [0.3, 0.4) is 0 Å². The van der Waals surface area contributed by atoms with Crippen LogP contribution in [0, 0.1) is 0 Å². The maximum atomic E-state index is 8.89. The summed E-state index contributed by atoms with van der Waals surface area (Å²) in [5, 5.41) is 8.89. The standard InChI is InChI=1S/C2H4BO2.C2H4O2.K/c1-2-5-3-4-1;1-2(3)4;/h1-2H2;1H3,(H,3,4);/q;;+1/p-1. The van der Waals surface area contributed by atoms with E-state index in [4.69, 9.17) is 9.90 Å². The third-order valence-electron chi connectivity index (χ3n) is 0.455. The van der Waals surface area contributed by atoms with Gasteiger partial charge in [-0.3, -0.25) is 0 Å². The van der Waals surface area contributed by atoms with Crippen LogP contribution in [0.5, 0.6) is 0 Å². The Balaban J connectivity index is 0. The van der Waals surface area contributed by atoms with Gasteiger partial charge in [0.2, 0.25) is 0 Å². The number of carbonyl (C=O) groups excluding carboxylic acids is 1. The molecule has 0 bridgehead atoms. The zero-order chi connectivity index (χ0) is 7.11. The number of hydrogen-bond donors (Lipinski definition) is 0. The van der Waals surface area contributed by atoms with Crippen molar-refractivity contribution in [3.63, 3.8) is 0 Å². The van der Waals surface area contributed by atoms with Crippen LogP contribution in [0.4, 0.5) is 0 Å². The first kappa shape index (κ1) is 13.7. The van der Waals surface area contributed by atoms with Crippen LogP contribution in [-0.2, 0) is 14.1 Å². The van der Waals surface area contributed by atoms with E-state index in [0.29, 0.717) is 0 Å². The minimum atomic E-state index is -1.08. The third-order valence-corrected chi connectivity index (χ3v) is 0.455. The Morgan fingerprint density at radius 2 is 1.80 bits per heavy atom. The van der Waals surface area contributed by atoms with Crippen LogP contribution in [0.1, 0.15) is 6.92 Å². The molecule has 51 valence electrons. The minimum Gasteiger partial charge on any atom is -0.550 e. The van der Waals surface area contributed by atoms with E-state index in [0.717, 1.165) is 20.1 Å². The molecule has 1 fully saturated rings. The molecular weight excluding hydrogens is 162 g/mol. The van der Waals surface area contributed by atoms with E-state index in [2.05, 4.69) is 9.31 Å². The van der Waals surface area contributed by atoms with Gasteiger partial charge in [-0.2, -0.15) is 0 Å². The van der Waals surface area contributed by atoms with E-state index in [1.807, 2.05) is 0 Å². The van der Waals surface area contributed by atoms with E-state index >= 15 is 0 Å². The summed E-state index contributed by atoms with van der Waals surface area (Å²) in [5.41, 5.74) is 0. The topological polar surface area (TPSA) is 58.6 Å². The Morgan fingerprint density at radius 1 is 1.50 bits per heavy atom. The predicted octanol–water partition coefficient (Wildman–Crippen LogP) is -4.67. The number of aliphatic carboxylic acids is 1. The Hall–Kier alpha value is 1.09. The summed E-state index contributed by atoms with van der Waals surface area (Å²) in [5.74, 6) is -1.08. The van der Waals surface area contributed by atoms with Gasteiger partial charge in [-0.1, -0.05) is 0 Å². The van der Waals surface area contributed by atoms with Crippen molar-refractivity contribution in [3.05, 3.63) is 0 Å². The second kappa shape index (κ2) is 10.1. The monoisotopic (exact) mass is 169 g/mol. The van der Waals surface area contributed by atoms with Crippen LogP contribution in [0.25, 0.3) is 0 Å². The zero-order valence-corrected chi connectivity index (χ0v) is 9.25. The van der Waals surface area contributed by atoms with E-state index < -0.39 is 5.97 Å². The quantitative estimate of drug-likeness (QED) is 0.342. The summed E-state index contributed by atoms with van der Waals surface area (Å²) in [7, 11) is 1.36. The molecule has 0 saturated carbocycles. The number of rotatable bonds is 0. The van der Waals surface area contributed by atoms with E-state index in [-0.39, 0.29) is 51.4 Å². The molecule has 1 aliphatic heterocycles. The first-order valence-electron chi connectivity index (χ1n) is 2.46. The molecule has 1 rings (SSSR count). The van der Waals surface area contributed by atoms with Crippen molar-refractivity contribution >= 4 is 13.7 Å². The maximum absolute atomic E-state index is 8.89. The summed E-state index contributed by atoms with van der Waals surface area (Å²) in [6, 6.07) is 0. The van der Waals surface area contributed by atoms with Gasteiger partial charge >= 0.3 is 59.1 Å². The fourth-order valence-corrected chi connectivity index (χ4v) is 0.241. The van der Waals surface area contributed by atoms with E-state index in [9.17, 15) is 0 Å². The molecule has 0 atom stereocenters. The van der Waals surface area contributed by atoms with Crippen LogP contribution in [-0.4, -0.2) is 26.9 Å². The molecule has 10 heavy (non-hydrogen) atoms. The van der Waals surface area contributed by atoms with Crippen LogP contribution in [0.2, 0.25) is 0 Å². The summed E-state index contributed by atoms with van der Waals surface area (Å²) in [6.45, 7) is 2.42. The zero-order valence-electron chi connectivity index (χ0n) is 6.12. The molecule has 0 aromatic rings. The van der Waals surface area contributed by atoms with Gasteiger partial charge in [-0.25, -0.2) is 0 Å². The summed E-state index contributed by atoms with van der Waals surface area (Å²) in [4.78, 5) is 8.89. The van der Waals surface area contributed by atoms with E-state index in [1.54, 1.807) is 0 Å². The van der Waals surface area contributed by atoms with Gasteiger partial charge in [0.15, 0.2) is 0 Å². The predicted molar refractivity (Wildman–Crippen MR) is 28.3 cm³/mol. The van der Waals surface area contributed by atoms with Gasteiger partial charge in [0.05, 0.1) is 13.2 Å². The Bertz CT molecular complexity index is 73.7. The molecule has 6 heteroatoms. The second-order valence-corrected chi connectivity index (χ2v) is 1.33. The number of carboxylic acid groups (broad SMARTS) is 1. The molecule has 0 aromatic carbocycles. The number of carboxylic acids is 1. The molecule has 0 unspecified atom stereocenters. The summed E-state index contributed by atoms with van der Waals surface area (Å²) in [6.07, 6.45) is 0. The van der Waals surface area contributed by atoms with Crippen LogP contribution in [0.15, 0.2) is 0 Å². The molecule has 0 aromatic heterocycles. The maximum Gasteiger partial charge on any atom is 1.00 e. The third kappa shape index (κ3) is 16.0. The Labute approximate surface area is 103 Å². The fourth-order valence-electron chi connectivity index (χ4n) is 0.241. The second-order valence-electron chi connectivity index (χ2n) is 1.33. The molecule has 0 aliphatic carbocycles. The van der Waals surface area contributed by atoms with Crippen LogP contribution < -0.4 is 56.5 Å². The van der Waals surface area contributed by atoms with Gasteiger partial charge in [0.25, 0.3) is 0 Å². The number of hydrogen-bond acceptors (Lipinski definition) is 4. The molecule has 1 heterocycles. The average molecular weight is 169 g/mol. The van der Waals surface area contributed by atoms with Crippen LogP contribution >= 0.6 is 0 Å². The molecule has 4 nitrogen and oxygen atoms in total. The van der Waals surface area contributed by atoms with Crippen molar-refractivity contribution in [3.8, 4) is 0 Å².